The molecule has 2 N–H and O–H groups in total. The molecule has 3 heterocycles. The number of halogens is 4. The number of H-pyrrole nitrogens is 1. The quantitative estimate of drug-likeness (QED) is 0.161. The van der Waals surface area contributed by atoms with Gasteiger partial charge in [-0.2, -0.15) is 0 Å². The Bertz CT molecular complexity index is 1140. The molecule has 5 rings (SSSR count). The molecule has 0 radical (unpaired) electrons. The van der Waals surface area contributed by atoms with E-state index in [0.29, 0.717) is 6.04 Å². The van der Waals surface area contributed by atoms with Crippen molar-refractivity contribution < 1.29 is 0 Å². The molecule has 0 amide bonds. The smallest absolute Gasteiger partial charge is 0.121 e. The molecular formula is C28H40Br4N6. The molecule has 4 aromatic rings. The van der Waals surface area contributed by atoms with Crippen molar-refractivity contribution in [2.75, 3.05) is 13.1 Å². The van der Waals surface area contributed by atoms with Crippen LogP contribution < -0.4 is 5.32 Å². The van der Waals surface area contributed by atoms with Crippen LogP contribution in [0.15, 0.2) is 67.0 Å². The number of rotatable bonds is 10. The molecular weight excluding hydrogens is 740 g/mol. The Morgan fingerprint density at radius 3 is 2.47 bits per heavy atom. The lowest BCUT2D eigenvalue weighted by molar-refractivity contribution is 0.159. The summed E-state index contributed by atoms with van der Waals surface area (Å²) in [5.74, 6) is 1.03. The van der Waals surface area contributed by atoms with E-state index in [4.69, 9.17) is 9.97 Å². The number of imidazole rings is 1. The van der Waals surface area contributed by atoms with Gasteiger partial charge in [-0.1, -0.05) is 31.7 Å². The van der Waals surface area contributed by atoms with Crippen molar-refractivity contribution in [2.45, 2.75) is 58.7 Å². The van der Waals surface area contributed by atoms with Gasteiger partial charge in [0.2, 0.25) is 0 Å². The summed E-state index contributed by atoms with van der Waals surface area (Å²) in [6, 6.07) is 19.0. The lowest BCUT2D eigenvalue weighted by atomic mass is 9.90. The van der Waals surface area contributed by atoms with Crippen molar-refractivity contribution in [3.63, 3.8) is 0 Å². The topological polar surface area (TPSA) is 69.7 Å². The van der Waals surface area contributed by atoms with Gasteiger partial charge in [0.1, 0.15) is 5.82 Å². The van der Waals surface area contributed by atoms with E-state index in [1.165, 1.54) is 17.7 Å². The number of pyridine rings is 2. The Balaban J connectivity index is 0.00000274. The van der Waals surface area contributed by atoms with Gasteiger partial charge in [0.15, 0.2) is 0 Å². The minimum absolute atomic E-state index is 0. The zero-order valence-corrected chi connectivity index (χ0v) is 27.6. The third-order valence-electron chi connectivity index (χ3n) is 6.48. The van der Waals surface area contributed by atoms with Crippen molar-refractivity contribution in [1.29, 1.82) is 0 Å². The Labute approximate surface area is 268 Å². The summed E-state index contributed by atoms with van der Waals surface area (Å²) in [5, 5.41) is 3.53. The molecule has 3 aromatic heterocycles. The average Bonchev–Trinajstić information content (AvgIpc) is 3.28. The van der Waals surface area contributed by atoms with Crippen LogP contribution in [0.3, 0.4) is 0 Å². The Hall–Kier alpha value is -1.17. The second-order valence-electron chi connectivity index (χ2n) is 8.83. The summed E-state index contributed by atoms with van der Waals surface area (Å²) in [7, 11) is 0. The number of aryl methyl sites for hydroxylation is 1. The average molecular weight is 780 g/mol. The fraction of sp³-hybridized carbons (Fsp3) is 0.393. The number of nitrogens with one attached hydrogen (secondary N) is 2. The monoisotopic (exact) mass is 776 g/mol. The number of benzene rings is 1. The van der Waals surface area contributed by atoms with Crippen molar-refractivity contribution in [1.82, 2.24) is 30.2 Å². The summed E-state index contributed by atoms with van der Waals surface area (Å²) in [5.41, 5.74) is 5.89. The van der Waals surface area contributed by atoms with Gasteiger partial charge < -0.3 is 10.3 Å². The van der Waals surface area contributed by atoms with Crippen molar-refractivity contribution in [3.05, 3.63) is 89.8 Å². The molecule has 6 nitrogen and oxygen atoms in total. The molecule has 210 valence electrons. The van der Waals surface area contributed by atoms with Gasteiger partial charge in [0.25, 0.3) is 0 Å². The van der Waals surface area contributed by atoms with E-state index in [1.54, 1.807) is 0 Å². The molecule has 0 aliphatic heterocycles. The first-order chi connectivity index (χ1) is 16.4. The van der Waals surface area contributed by atoms with E-state index in [0.717, 1.165) is 74.4 Å². The number of hydrogen-bond donors (Lipinski definition) is 2. The zero-order valence-electron chi connectivity index (χ0n) is 20.7. The van der Waals surface area contributed by atoms with E-state index in [2.05, 4.69) is 56.6 Å². The summed E-state index contributed by atoms with van der Waals surface area (Å²) in [6.45, 7) is 3.66. The first kappa shape index (κ1) is 36.8. The maximum atomic E-state index is 4.86. The number of hydrogen-bond acceptors (Lipinski definition) is 5. The maximum absolute atomic E-state index is 4.86. The van der Waals surface area contributed by atoms with Crippen LogP contribution in [0.4, 0.5) is 0 Å². The third-order valence-corrected chi connectivity index (χ3v) is 6.48. The van der Waals surface area contributed by atoms with Crippen LogP contribution in [0, 0.1) is 0 Å². The number of unbranched alkanes of at least 4 members (excludes halogenated alkanes) is 1. The Kier molecular flexibility index (Phi) is 18.4. The van der Waals surface area contributed by atoms with Crippen LogP contribution in [0.5, 0.6) is 0 Å². The summed E-state index contributed by atoms with van der Waals surface area (Å²) < 4.78 is 0. The molecule has 0 saturated carbocycles. The number of aromatic amines is 1. The van der Waals surface area contributed by atoms with Crippen LogP contribution in [0.2, 0.25) is 0 Å². The van der Waals surface area contributed by atoms with Gasteiger partial charge in [0.05, 0.1) is 35.0 Å². The van der Waals surface area contributed by atoms with Gasteiger partial charge in [-0.15, -0.1) is 67.9 Å². The minimum Gasteiger partial charge on any atom is -0.341 e. The lowest BCUT2D eigenvalue weighted by Crippen LogP contribution is -2.33. The maximum Gasteiger partial charge on any atom is 0.121 e. The van der Waals surface area contributed by atoms with Crippen LogP contribution in [-0.2, 0) is 19.5 Å². The predicted molar refractivity (Wildman–Crippen MR) is 180 cm³/mol. The fourth-order valence-electron chi connectivity index (χ4n) is 4.84. The molecule has 0 saturated heterocycles. The molecule has 1 aliphatic rings. The van der Waals surface area contributed by atoms with Crippen molar-refractivity contribution >= 4 is 79.0 Å². The van der Waals surface area contributed by atoms with Crippen LogP contribution in [0.1, 0.15) is 61.9 Å². The molecule has 0 bridgehead atoms. The summed E-state index contributed by atoms with van der Waals surface area (Å²) in [4.78, 5) is 20.2. The van der Waals surface area contributed by atoms with Gasteiger partial charge in [-0.3, -0.25) is 14.9 Å². The molecule has 1 aliphatic carbocycles. The summed E-state index contributed by atoms with van der Waals surface area (Å²) in [6.07, 6.45) is 9.56. The second kappa shape index (κ2) is 19.0. The molecule has 1 aromatic carbocycles. The normalized spacial score (nSPS) is 13.7. The Morgan fingerprint density at radius 1 is 0.895 bits per heavy atom. The van der Waals surface area contributed by atoms with E-state index in [9.17, 15) is 0 Å². The van der Waals surface area contributed by atoms with Gasteiger partial charge in [-0.25, -0.2) is 4.98 Å². The van der Waals surface area contributed by atoms with E-state index in [1.807, 2.05) is 30.6 Å². The standard InChI is InChI=1S/C27H32N6.CH4.4BrH/c1-2-13-24-23(12-1)31-26(32-24)20-33(25-14-7-9-21-10-8-17-30-27(21)25)18-6-5-15-28-19-22-11-3-4-16-29-22;;;;;/h1-4,8,10-13,16-17,25,28H,5-7,9,14-15,18-20H2,(H,31,32);1H4;4*1H. The molecule has 0 fully saturated rings. The first-order valence-corrected chi connectivity index (χ1v) is 12.1. The largest absolute Gasteiger partial charge is 0.341 e. The third kappa shape index (κ3) is 9.78. The Morgan fingerprint density at radius 2 is 1.68 bits per heavy atom. The van der Waals surface area contributed by atoms with E-state index < -0.39 is 0 Å². The van der Waals surface area contributed by atoms with Gasteiger partial charge in [-0.05, 0) is 81.1 Å². The zero-order chi connectivity index (χ0) is 22.3. The number of para-hydroxylation sites is 2. The molecule has 10 heteroatoms. The van der Waals surface area contributed by atoms with Gasteiger partial charge >= 0.3 is 0 Å². The molecule has 0 spiro atoms. The second-order valence-corrected chi connectivity index (χ2v) is 8.83. The summed E-state index contributed by atoms with van der Waals surface area (Å²) >= 11 is 0. The van der Waals surface area contributed by atoms with Crippen LogP contribution in [-0.4, -0.2) is 37.9 Å². The lowest BCUT2D eigenvalue weighted by Gasteiger charge is -2.34. The number of aromatic nitrogens is 4. The molecule has 38 heavy (non-hydrogen) atoms. The van der Waals surface area contributed by atoms with E-state index in [-0.39, 0.29) is 75.4 Å². The van der Waals surface area contributed by atoms with Crippen LogP contribution in [0.25, 0.3) is 11.0 Å². The molecule has 1 unspecified atom stereocenters. The van der Waals surface area contributed by atoms with E-state index >= 15 is 0 Å². The minimum atomic E-state index is 0. The fourth-order valence-corrected chi connectivity index (χ4v) is 4.84. The number of nitrogens with zero attached hydrogens (tertiary/aromatic N) is 4. The highest BCUT2D eigenvalue weighted by atomic mass is 79.9. The highest BCUT2D eigenvalue weighted by molar-refractivity contribution is 8.93. The predicted octanol–water partition coefficient (Wildman–Crippen LogP) is 7.75. The highest BCUT2D eigenvalue weighted by Crippen LogP contribution is 2.33. The highest BCUT2D eigenvalue weighted by Gasteiger charge is 2.27. The van der Waals surface area contributed by atoms with Crippen LogP contribution >= 0.6 is 67.9 Å². The number of fused-ring (bicyclic) bond motifs is 2. The molecule has 1 atom stereocenters. The SMILES string of the molecule is Br.Br.Br.Br.C.c1ccc(CNCCCCN(Cc2nc3ccccc3[nH]2)C2CCCc3cccnc32)nc1. The first-order valence-electron chi connectivity index (χ1n) is 12.1. The van der Waals surface area contributed by atoms with Gasteiger partial charge in [0, 0.05) is 18.9 Å². The van der Waals surface area contributed by atoms with Crippen molar-refractivity contribution in [3.8, 4) is 0 Å². The van der Waals surface area contributed by atoms with Crippen molar-refractivity contribution in [2.24, 2.45) is 0 Å².